The molecule has 2 unspecified atom stereocenters. The van der Waals surface area contributed by atoms with Gasteiger partial charge in [0.2, 0.25) is 0 Å². The van der Waals surface area contributed by atoms with E-state index in [1.807, 2.05) is 18.8 Å². The molecule has 56 heavy (non-hydrogen) atoms. The van der Waals surface area contributed by atoms with Gasteiger partial charge in [-0.3, -0.25) is 9.59 Å². The van der Waals surface area contributed by atoms with Gasteiger partial charge in [0.15, 0.2) is 0 Å². The maximum Gasteiger partial charge on any atom is 0.305 e. The summed E-state index contributed by atoms with van der Waals surface area (Å²) < 4.78 is 11.7. The summed E-state index contributed by atoms with van der Waals surface area (Å²) in [6.07, 6.45) is 42.5. The van der Waals surface area contributed by atoms with Gasteiger partial charge in [-0.1, -0.05) is 193 Å². The van der Waals surface area contributed by atoms with Crippen molar-refractivity contribution in [3.05, 3.63) is 0 Å². The zero-order valence-electron chi connectivity index (χ0n) is 38.7. The van der Waals surface area contributed by atoms with E-state index in [-0.39, 0.29) is 18.5 Å². The monoisotopic (exact) mass is 908 g/mol. The van der Waals surface area contributed by atoms with E-state index in [1.165, 1.54) is 154 Å². The smallest absolute Gasteiger partial charge is 0.305 e. The Balaban J connectivity index is -0.00000214. The van der Waals surface area contributed by atoms with Crippen molar-refractivity contribution in [1.29, 1.82) is 0 Å². The average molecular weight is 908 g/mol. The number of terminal acetylenes is 1. The standard InChI is InChI=1S/C44H87NO5.C2H6.C2H2.CH3I/c1-5-9-13-17-19-23-31-41(29-21-15-11-7-3)39-49-43(47)33-27-36-45(35-25-26-38-46)37-28-34-44(48)50-40-42(30-22-16-12-8-4)32-24-20-18-14-10-6-2;3*1-2/h41-42,46H,5-40H2,1-4H3;1-2H3;1-2H;1H3. The molecule has 0 radical (unpaired) electrons. The second-order valence-electron chi connectivity index (χ2n) is 15.4. The third kappa shape index (κ3) is 49.3. The molecule has 0 aliphatic carbocycles. The van der Waals surface area contributed by atoms with Gasteiger partial charge in [0.25, 0.3) is 0 Å². The van der Waals surface area contributed by atoms with Crippen LogP contribution in [0.4, 0.5) is 0 Å². The van der Waals surface area contributed by atoms with E-state index in [1.54, 1.807) is 0 Å². The quantitative estimate of drug-likeness (QED) is 0.0217. The number of alkyl halides is 1. The number of nitrogens with zero attached hydrogens (tertiary/aromatic N) is 1. The lowest BCUT2D eigenvalue weighted by molar-refractivity contribution is -0.146. The topological polar surface area (TPSA) is 76.1 Å². The molecule has 0 fully saturated rings. The SMILES string of the molecule is C#C.CC.CCCCCCCCC(CCCCCC)COC(=O)CCCN(CCCCO)CCCC(=O)OCC(CCCCCC)CCCCCCCC.CI. The molecule has 1 N–H and O–H groups in total. The highest BCUT2D eigenvalue weighted by molar-refractivity contribution is 14.1. The average Bonchev–Trinajstić information content (AvgIpc) is 3.23. The van der Waals surface area contributed by atoms with Crippen LogP contribution in [0.2, 0.25) is 0 Å². The number of unbranched alkanes of at least 4 members (excludes halogenated alkanes) is 17. The second kappa shape index (κ2) is 56.2. The Morgan fingerprint density at radius 1 is 0.482 bits per heavy atom. The van der Waals surface area contributed by atoms with Gasteiger partial charge in [0, 0.05) is 19.4 Å². The number of hydrogen-bond donors (Lipinski definition) is 1. The maximum atomic E-state index is 12.7. The molecule has 0 bridgehead atoms. The van der Waals surface area contributed by atoms with Crippen molar-refractivity contribution in [3.63, 3.8) is 0 Å². The Morgan fingerprint density at radius 2 is 0.768 bits per heavy atom. The Labute approximate surface area is 365 Å². The molecular weight excluding hydrogens is 809 g/mol. The zero-order valence-corrected chi connectivity index (χ0v) is 40.8. The van der Waals surface area contributed by atoms with Crippen molar-refractivity contribution in [3.8, 4) is 12.8 Å². The molecule has 2 atom stereocenters. The summed E-state index contributed by atoms with van der Waals surface area (Å²) in [6, 6.07) is 0. The van der Waals surface area contributed by atoms with Crippen LogP contribution in [0.5, 0.6) is 0 Å². The van der Waals surface area contributed by atoms with E-state index in [4.69, 9.17) is 9.47 Å². The van der Waals surface area contributed by atoms with Gasteiger partial charge in [-0.05, 0) is 87.8 Å². The second-order valence-corrected chi connectivity index (χ2v) is 15.4. The van der Waals surface area contributed by atoms with E-state index in [0.717, 1.165) is 45.3 Å². The molecule has 0 aromatic carbocycles. The number of ether oxygens (including phenoxy) is 2. The molecule has 0 saturated carbocycles. The number of halogens is 1. The minimum Gasteiger partial charge on any atom is -0.465 e. The van der Waals surface area contributed by atoms with Crippen LogP contribution in [-0.2, 0) is 19.1 Å². The molecule has 336 valence electrons. The van der Waals surface area contributed by atoms with Crippen LogP contribution in [0.25, 0.3) is 0 Å². The summed E-state index contributed by atoms with van der Waals surface area (Å²) in [6.45, 7) is 16.9. The summed E-state index contributed by atoms with van der Waals surface area (Å²) in [5, 5.41) is 9.31. The van der Waals surface area contributed by atoms with Gasteiger partial charge in [-0.2, -0.15) is 0 Å². The Bertz CT molecular complexity index is 710. The number of esters is 2. The van der Waals surface area contributed by atoms with E-state index in [9.17, 15) is 14.7 Å². The van der Waals surface area contributed by atoms with Crippen molar-refractivity contribution in [2.24, 2.45) is 11.8 Å². The van der Waals surface area contributed by atoms with Crippen molar-refractivity contribution >= 4 is 34.5 Å². The highest BCUT2D eigenvalue weighted by atomic mass is 127. The summed E-state index contributed by atoms with van der Waals surface area (Å²) in [4.78, 5) is 29.8. The van der Waals surface area contributed by atoms with Crippen molar-refractivity contribution in [1.82, 2.24) is 4.90 Å². The number of aliphatic hydroxyl groups excluding tert-OH is 1. The van der Waals surface area contributed by atoms with Crippen LogP contribution in [0.15, 0.2) is 0 Å². The summed E-state index contributed by atoms with van der Waals surface area (Å²) in [5.41, 5.74) is 0. The van der Waals surface area contributed by atoms with Crippen LogP contribution < -0.4 is 0 Å². The Morgan fingerprint density at radius 3 is 1.09 bits per heavy atom. The van der Waals surface area contributed by atoms with E-state index in [2.05, 4.69) is 68.0 Å². The van der Waals surface area contributed by atoms with Crippen molar-refractivity contribution < 1.29 is 24.2 Å². The van der Waals surface area contributed by atoms with Gasteiger partial charge in [-0.15, -0.1) is 12.8 Å². The molecular formula is C49H98INO5. The van der Waals surface area contributed by atoms with Gasteiger partial charge in [0.1, 0.15) is 0 Å². The molecule has 0 amide bonds. The molecule has 0 rings (SSSR count). The third-order valence-electron chi connectivity index (χ3n) is 10.4. The number of aliphatic hydroxyl groups is 1. The van der Waals surface area contributed by atoms with Crippen molar-refractivity contribution in [2.45, 2.75) is 234 Å². The number of rotatable bonds is 40. The largest absolute Gasteiger partial charge is 0.465 e. The first kappa shape index (κ1) is 61.8. The Hall–Kier alpha value is -0.850. The zero-order chi connectivity index (χ0) is 42.8. The lowest BCUT2D eigenvalue weighted by Crippen LogP contribution is -2.28. The summed E-state index contributed by atoms with van der Waals surface area (Å²) in [5.74, 6) is 0.832. The number of hydrogen-bond acceptors (Lipinski definition) is 6. The molecule has 0 heterocycles. The fourth-order valence-electron chi connectivity index (χ4n) is 7.01. The molecule has 0 spiro atoms. The first-order valence-electron chi connectivity index (χ1n) is 23.9. The number of carbonyl (C=O) groups excluding carboxylic acids is 2. The van der Waals surface area contributed by atoms with Gasteiger partial charge < -0.3 is 19.5 Å². The summed E-state index contributed by atoms with van der Waals surface area (Å²) >= 11 is 2.15. The summed E-state index contributed by atoms with van der Waals surface area (Å²) in [7, 11) is 0. The fourth-order valence-corrected chi connectivity index (χ4v) is 7.01. The lowest BCUT2D eigenvalue weighted by atomic mass is 9.95. The molecule has 7 heteroatoms. The molecule has 0 aromatic rings. The van der Waals surface area contributed by atoms with Gasteiger partial charge in [0.05, 0.1) is 13.2 Å². The molecule has 0 aromatic heterocycles. The van der Waals surface area contributed by atoms with Crippen LogP contribution in [-0.4, -0.2) is 66.3 Å². The van der Waals surface area contributed by atoms with Crippen LogP contribution in [0.3, 0.4) is 0 Å². The van der Waals surface area contributed by atoms with Gasteiger partial charge >= 0.3 is 11.9 Å². The Kier molecular flexibility index (Phi) is 62.1. The van der Waals surface area contributed by atoms with E-state index in [0.29, 0.717) is 37.9 Å². The maximum absolute atomic E-state index is 12.7. The highest BCUT2D eigenvalue weighted by Crippen LogP contribution is 2.21. The van der Waals surface area contributed by atoms with Crippen LogP contribution in [0.1, 0.15) is 234 Å². The normalized spacial score (nSPS) is 11.6. The number of carbonyl (C=O) groups is 2. The van der Waals surface area contributed by atoms with Crippen molar-refractivity contribution in [2.75, 3.05) is 44.4 Å². The van der Waals surface area contributed by atoms with Crippen LogP contribution >= 0.6 is 22.6 Å². The van der Waals surface area contributed by atoms with E-state index >= 15 is 0 Å². The molecule has 0 saturated heterocycles. The predicted molar refractivity (Wildman–Crippen MR) is 255 cm³/mol. The highest BCUT2D eigenvalue weighted by Gasteiger charge is 2.15. The van der Waals surface area contributed by atoms with Crippen LogP contribution in [0, 0.1) is 24.7 Å². The minimum absolute atomic E-state index is 0.0735. The fraction of sp³-hybridized carbons (Fsp3) is 0.918. The lowest BCUT2D eigenvalue weighted by Gasteiger charge is -2.22. The minimum atomic E-state index is -0.0735. The first-order valence-corrected chi connectivity index (χ1v) is 26.0. The van der Waals surface area contributed by atoms with Gasteiger partial charge in [-0.25, -0.2) is 0 Å². The van der Waals surface area contributed by atoms with E-state index < -0.39 is 0 Å². The first-order chi connectivity index (χ1) is 27.5. The molecule has 0 aliphatic rings. The molecule has 0 aliphatic heterocycles. The third-order valence-corrected chi connectivity index (χ3v) is 10.4. The predicted octanol–water partition coefficient (Wildman–Crippen LogP) is 14.7. The molecule has 6 nitrogen and oxygen atoms in total.